The van der Waals surface area contributed by atoms with Crippen molar-refractivity contribution in [2.45, 2.75) is 26.9 Å². The summed E-state index contributed by atoms with van der Waals surface area (Å²) in [6, 6.07) is 8.05. The smallest absolute Gasteiger partial charge is 0.345 e. The van der Waals surface area contributed by atoms with Gasteiger partial charge in [-0.15, -0.1) is 22.7 Å². The third kappa shape index (κ3) is 3.19. The second-order valence-electron chi connectivity index (χ2n) is 5.14. The minimum atomic E-state index is -0.856. The minimum absolute atomic E-state index is 0.399. The van der Waals surface area contributed by atoms with Gasteiger partial charge in [-0.05, 0) is 43.2 Å². The van der Waals surface area contributed by atoms with Gasteiger partial charge in [0.1, 0.15) is 4.88 Å². The zero-order chi connectivity index (χ0) is 15.7. The molecule has 2 aromatic heterocycles. The molecule has 0 aliphatic heterocycles. The van der Waals surface area contributed by atoms with Gasteiger partial charge >= 0.3 is 5.97 Å². The van der Waals surface area contributed by atoms with Crippen molar-refractivity contribution >= 4 is 38.9 Å². The molecule has 3 rings (SSSR count). The van der Waals surface area contributed by atoms with E-state index in [2.05, 4.69) is 22.4 Å². The highest BCUT2D eigenvalue weighted by atomic mass is 32.1. The standard InChI is InChI=1S/C16H16N2O2S2/c1-9-12(6-15(21-9)16(19)20)8-17-7-11-3-4-13-14(5-11)22-10(2)18-13/h3-6,17H,7-8H2,1-2H3,(H,19,20). The fraction of sp³-hybridized carbons (Fsp3) is 0.250. The van der Waals surface area contributed by atoms with E-state index < -0.39 is 5.97 Å². The van der Waals surface area contributed by atoms with Gasteiger partial charge in [-0.2, -0.15) is 0 Å². The average molecular weight is 332 g/mol. The number of hydrogen-bond donors (Lipinski definition) is 2. The number of aromatic carboxylic acids is 1. The minimum Gasteiger partial charge on any atom is -0.477 e. The summed E-state index contributed by atoms with van der Waals surface area (Å²) in [5.41, 5.74) is 3.31. The zero-order valence-electron chi connectivity index (χ0n) is 12.3. The van der Waals surface area contributed by atoms with E-state index in [0.717, 1.165) is 27.5 Å². The monoisotopic (exact) mass is 332 g/mol. The van der Waals surface area contributed by atoms with E-state index in [1.54, 1.807) is 17.4 Å². The van der Waals surface area contributed by atoms with Crippen LogP contribution in [0.3, 0.4) is 0 Å². The number of aromatic nitrogens is 1. The van der Waals surface area contributed by atoms with Gasteiger partial charge in [0.15, 0.2) is 0 Å². The molecule has 0 aliphatic rings. The van der Waals surface area contributed by atoms with Gasteiger partial charge in [0.05, 0.1) is 15.2 Å². The Morgan fingerprint density at radius 1 is 1.23 bits per heavy atom. The summed E-state index contributed by atoms with van der Waals surface area (Å²) in [6.45, 7) is 5.40. The summed E-state index contributed by atoms with van der Waals surface area (Å²) in [6.07, 6.45) is 0. The molecule has 0 radical (unpaired) electrons. The quantitative estimate of drug-likeness (QED) is 0.742. The van der Waals surface area contributed by atoms with Crippen LogP contribution >= 0.6 is 22.7 Å². The molecule has 0 bridgehead atoms. The van der Waals surface area contributed by atoms with E-state index in [0.29, 0.717) is 11.4 Å². The molecule has 3 aromatic rings. The lowest BCUT2D eigenvalue weighted by Crippen LogP contribution is -2.12. The Bertz CT molecular complexity index is 836. The van der Waals surface area contributed by atoms with Gasteiger partial charge in [-0.25, -0.2) is 9.78 Å². The van der Waals surface area contributed by atoms with E-state index in [9.17, 15) is 4.79 Å². The molecule has 2 heterocycles. The third-order valence-electron chi connectivity index (χ3n) is 3.44. The number of thiophene rings is 1. The number of fused-ring (bicyclic) bond motifs is 1. The van der Waals surface area contributed by atoms with Gasteiger partial charge in [0, 0.05) is 18.0 Å². The first-order valence-electron chi connectivity index (χ1n) is 6.92. The van der Waals surface area contributed by atoms with Crippen LogP contribution < -0.4 is 5.32 Å². The molecule has 0 atom stereocenters. The number of carboxylic acids is 1. The highest BCUT2D eigenvalue weighted by Gasteiger charge is 2.10. The Labute approximate surface area is 136 Å². The Balaban J connectivity index is 1.65. The van der Waals surface area contributed by atoms with Crippen molar-refractivity contribution in [2.24, 2.45) is 0 Å². The molecule has 0 aliphatic carbocycles. The summed E-state index contributed by atoms with van der Waals surface area (Å²) in [5.74, 6) is -0.856. The third-order valence-corrected chi connectivity index (χ3v) is 5.45. The molecule has 0 saturated heterocycles. The van der Waals surface area contributed by atoms with Crippen molar-refractivity contribution in [3.8, 4) is 0 Å². The number of nitrogens with zero attached hydrogens (tertiary/aromatic N) is 1. The van der Waals surface area contributed by atoms with Crippen molar-refractivity contribution in [2.75, 3.05) is 0 Å². The van der Waals surface area contributed by atoms with Crippen molar-refractivity contribution in [3.05, 3.63) is 50.2 Å². The highest BCUT2D eigenvalue weighted by molar-refractivity contribution is 7.18. The van der Waals surface area contributed by atoms with Crippen LogP contribution in [0, 0.1) is 13.8 Å². The van der Waals surface area contributed by atoms with Crippen LogP contribution in [0.1, 0.15) is 30.7 Å². The number of aryl methyl sites for hydroxylation is 2. The first-order chi connectivity index (χ1) is 10.5. The Kier molecular flexibility index (Phi) is 4.24. The SMILES string of the molecule is Cc1nc2ccc(CNCc3cc(C(=O)O)sc3C)cc2s1. The maximum Gasteiger partial charge on any atom is 0.345 e. The van der Waals surface area contributed by atoms with Crippen LogP contribution in [-0.2, 0) is 13.1 Å². The van der Waals surface area contributed by atoms with Gasteiger partial charge in [0.2, 0.25) is 0 Å². The van der Waals surface area contributed by atoms with Crippen molar-refractivity contribution in [3.63, 3.8) is 0 Å². The van der Waals surface area contributed by atoms with Crippen LogP contribution in [0.5, 0.6) is 0 Å². The topological polar surface area (TPSA) is 62.2 Å². The Hall–Kier alpha value is -1.76. The number of thiazole rings is 1. The largest absolute Gasteiger partial charge is 0.477 e. The summed E-state index contributed by atoms with van der Waals surface area (Å²) >= 11 is 3.03. The van der Waals surface area contributed by atoms with Crippen molar-refractivity contribution in [1.29, 1.82) is 0 Å². The molecule has 0 spiro atoms. The van der Waals surface area contributed by atoms with Crippen molar-refractivity contribution in [1.82, 2.24) is 10.3 Å². The number of benzene rings is 1. The Morgan fingerprint density at radius 3 is 2.77 bits per heavy atom. The van der Waals surface area contributed by atoms with E-state index in [4.69, 9.17) is 5.11 Å². The van der Waals surface area contributed by atoms with E-state index in [-0.39, 0.29) is 0 Å². The van der Waals surface area contributed by atoms with E-state index in [1.165, 1.54) is 21.6 Å². The molecule has 0 unspecified atom stereocenters. The molecule has 22 heavy (non-hydrogen) atoms. The van der Waals surface area contributed by atoms with Gasteiger partial charge in [-0.1, -0.05) is 6.07 Å². The molecular formula is C16H16N2O2S2. The maximum atomic E-state index is 11.0. The average Bonchev–Trinajstić information content (AvgIpc) is 3.01. The molecular weight excluding hydrogens is 316 g/mol. The van der Waals surface area contributed by atoms with E-state index in [1.807, 2.05) is 19.9 Å². The van der Waals surface area contributed by atoms with Crippen molar-refractivity contribution < 1.29 is 9.90 Å². The van der Waals surface area contributed by atoms with Gasteiger partial charge < -0.3 is 10.4 Å². The summed E-state index contributed by atoms with van der Waals surface area (Å²) < 4.78 is 1.21. The fourth-order valence-electron chi connectivity index (χ4n) is 2.34. The summed E-state index contributed by atoms with van der Waals surface area (Å²) in [7, 11) is 0. The normalized spacial score (nSPS) is 11.2. The predicted molar refractivity (Wildman–Crippen MR) is 90.9 cm³/mol. The molecule has 2 N–H and O–H groups in total. The second-order valence-corrected chi connectivity index (χ2v) is 7.63. The molecule has 6 heteroatoms. The second kappa shape index (κ2) is 6.16. The number of carboxylic acid groups (broad SMARTS) is 1. The number of rotatable bonds is 5. The van der Waals surface area contributed by atoms with Crippen LogP contribution in [-0.4, -0.2) is 16.1 Å². The molecule has 114 valence electrons. The lowest BCUT2D eigenvalue weighted by atomic mass is 10.2. The lowest BCUT2D eigenvalue weighted by Gasteiger charge is -2.04. The first kappa shape index (κ1) is 15.1. The molecule has 0 fully saturated rings. The van der Waals surface area contributed by atoms with Gasteiger partial charge in [-0.3, -0.25) is 0 Å². The van der Waals surface area contributed by atoms with Crippen LogP contribution in [0.2, 0.25) is 0 Å². The molecule has 0 amide bonds. The molecule has 4 nitrogen and oxygen atoms in total. The molecule has 0 saturated carbocycles. The highest BCUT2D eigenvalue weighted by Crippen LogP contribution is 2.23. The summed E-state index contributed by atoms with van der Waals surface area (Å²) in [5, 5.41) is 13.5. The fourth-order valence-corrected chi connectivity index (χ4v) is 4.11. The lowest BCUT2D eigenvalue weighted by molar-refractivity contribution is 0.0702. The maximum absolute atomic E-state index is 11.0. The summed E-state index contributed by atoms with van der Waals surface area (Å²) in [4.78, 5) is 16.9. The van der Waals surface area contributed by atoms with Crippen LogP contribution in [0.15, 0.2) is 24.3 Å². The Morgan fingerprint density at radius 2 is 2.05 bits per heavy atom. The van der Waals surface area contributed by atoms with E-state index >= 15 is 0 Å². The predicted octanol–water partition coefficient (Wildman–Crippen LogP) is 3.96. The number of nitrogens with one attached hydrogen (secondary N) is 1. The van der Waals surface area contributed by atoms with Crippen LogP contribution in [0.4, 0.5) is 0 Å². The zero-order valence-corrected chi connectivity index (χ0v) is 14.0. The number of carbonyl (C=O) groups is 1. The van der Waals surface area contributed by atoms with Crippen LogP contribution in [0.25, 0.3) is 10.2 Å². The van der Waals surface area contributed by atoms with Gasteiger partial charge in [0.25, 0.3) is 0 Å². The molecule has 1 aromatic carbocycles. The first-order valence-corrected chi connectivity index (χ1v) is 8.55. The number of hydrogen-bond acceptors (Lipinski definition) is 5.